The van der Waals surface area contributed by atoms with E-state index in [4.69, 9.17) is 0 Å². The molecule has 1 aromatic heterocycles. The lowest BCUT2D eigenvalue weighted by Gasteiger charge is -2.36. The van der Waals surface area contributed by atoms with E-state index >= 15 is 0 Å². The lowest BCUT2D eigenvalue weighted by molar-refractivity contribution is 0.315. The molecule has 0 aromatic carbocycles. The van der Waals surface area contributed by atoms with Crippen molar-refractivity contribution in [2.45, 2.75) is 39.7 Å². The number of nitrogens with zero attached hydrogens (tertiary/aromatic N) is 2. The van der Waals surface area contributed by atoms with Gasteiger partial charge in [-0.25, -0.2) is 0 Å². The highest BCUT2D eigenvalue weighted by Gasteiger charge is 2.23. The third-order valence-corrected chi connectivity index (χ3v) is 4.02. The topological polar surface area (TPSA) is 28.2 Å². The van der Waals surface area contributed by atoms with Crippen LogP contribution in [0.3, 0.4) is 0 Å². The number of aryl methyl sites for hydroxylation is 1. The highest BCUT2D eigenvalue weighted by atomic mass is 15.1. The zero-order valence-electron chi connectivity index (χ0n) is 11.8. The largest absolute Gasteiger partial charge is 0.371 e. The van der Waals surface area contributed by atoms with Gasteiger partial charge in [0, 0.05) is 36.7 Å². The van der Waals surface area contributed by atoms with Gasteiger partial charge in [0.05, 0.1) is 0 Å². The molecule has 0 amide bonds. The van der Waals surface area contributed by atoms with E-state index in [1.54, 1.807) is 0 Å². The summed E-state index contributed by atoms with van der Waals surface area (Å²) in [6.07, 6.45) is 4.49. The second-order valence-corrected chi connectivity index (χ2v) is 5.33. The van der Waals surface area contributed by atoms with Crippen LogP contribution in [0.2, 0.25) is 0 Å². The molecule has 0 bridgehead atoms. The lowest BCUT2D eigenvalue weighted by atomic mass is 9.90. The minimum atomic E-state index is 0.649. The molecule has 3 nitrogen and oxygen atoms in total. The Kier molecular flexibility index (Phi) is 4.59. The normalized spacial score (nSPS) is 18.9. The monoisotopic (exact) mass is 247 g/mol. The minimum Gasteiger partial charge on any atom is -0.371 e. The number of nitrogens with one attached hydrogen (secondary N) is 1. The van der Waals surface area contributed by atoms with Gasteiger partial charge in [0.15, 0.2) is 0 Å². The van der Waals surface area contributed by atoms with Crippen molar-refractivity contribution >= 4 is 5.69 Å². The summed E-state index contributed by atoms with van der Waals surface area (Å²) < 4.78 is 0. The van der Waals surface area contributed by atoms with E-state index in [1.807, 2.05) is 6.20 Å². The van der Waals surface area contributed by atoms with Gasteiger partial charge < -0.3 is 10.2 Å². The molecule has 2 rings (SSSR count). The highest BCUT2D eigenvalue weighted by molar-refractivity contribution is 5.46. The van der Waals surface area contributed by atoms with Crippen molar-refractivity contribution in [1.82, 2.24) is 10.3 Å². The first-order chi connectivity index (χ1) is 8.70. The number of rotatable bonds is 4. The first-order valence-corrected chi connectivity index (χ1v) is 7.11. The summed E-state index contributed by atoms with van der Waals surface area (Å²) >= 11 is 0. The average Bonchev–Trinajstić information content (AvgIpc) is 2.39. The number of aromatic nitrogens is 1. The summed E-state index contributed by atoms with van der Waals surface area (Å²) in [6, 6.07) is 4.96. The van der Waals surface area contributed by atoms with Crippen LogP contribution in [-0.2, 0) is 0 Å². The maximum atomic E-state index is 4.27. The Morgan fingerprint density at radius 1 is 1.44 bits per heavy atom. The van der Waals surface area contributed by atoms with E-state index in [9.17, 15) is 0 Å². The van der Waals surface area contributed by atoms with Crippen molar-refractivity contribution in [3.05, 3.63) is 24.0 Å². The fraction of sp³-hybridized carbons (Fsp3) is 0.667. The molecule has 1 aliphatic rings. The van der Waals surface area contributed by atoms with Gasteiger partial charge in [-0.2, -0.15) is 0 Å². The van der Waals surface area contributed by atoms with E-state index in [-0.39, 0.29) is 0 Å². The maximum Gasteiger partial charge on any atom is 0.0399 e. The second-order valence-electron chi connectivity index (χ2n) is 5.33. The molecule has 2 heterocycles. The molecule has 1 unspecified atom stereocenters. The van der Waals surface area contributed by atoms with Gasteiger partial charge in [-0.05, 0) is 51.3 Å². The van der Waals surface area contributed by atoms with Gasteiger partial charge in [-0.3, -0.25) is 4.98 Å². The fourth-order valence-electron chi connectivity index (χ4n) is 2.87. The smallest absolute Gasteiger partial charge is 0.0399 e. The fourth-order valence-corrected chi connectivity index (χ4v) is 2.87. The first kappa shape index (κ1) is 13.3. The van der Waals surface area contributed by atoms with Gasteiger partial charge in [-0.1, -0.05) is 6.92 Å². The number of anilines is 1. The Morgan fingerprint density at radius 3 is 2.78 bits per heavy atom. The van der Waals surface area contributed by atoms with Crippen LogP contribution in [0, 0.1) is 12.8 Å². The molecule has 0 spiro atoms. The van der Waals surface area contributed by atoms with Gasteiger partial charge in [0.1, 0.15) is 0 Å². The highest BCUT2D eigenvalue weighted by Crippen LogP contribution is 2.25. The van der Waals surface area contributed by atoms with E-state index in [0.717, 1.165) is 18.2 Å². The standard InChI is InChI=1S/C15H25N3/c1-4-16-13(3)14-6-9-18(10-7-14)15-5-8-17-12(2)11-15/h5,8,11,13-14,16H,4,6-7,9-10H2,1-3H3. The molecule has 0 radical (unpaired) electrons. The average molecular weight is 247 g/mol. The Labute approximate surface area is 111 Å². The first-order valence-electron chi connectivity index (χ1n) is 7.11. The molecule has 3 heteroatoms. The Bertz CT molecular complexity index is 370. The predicted molar refractivity (Wildman–Crippen MR) is 77.0 cm³/mol. The molecule has 0 saturated carbocycles. The van der Waals surface area contributed by atoms with Crippen molar-refractivity contribution in [1.29, 1.82) is 0 Å². The van der Waals surface area contributed by atoms with Crippen LogP contribution in [0.15, 0.2) is 18.3 Å². The van der Waals surface area contributed by atoms with Crippen molar-refractivity contribution < 1.29 is 0 Å². The van der Waals surface area contributed by atoms with Crippen LogP contribution in [0.5, 0.6) is 0 Å². The van der Waals surface area contributed by atoms with Crippen LogP contribution in [0.4, 0.5) is 5.69 Å². The zero-order chi connectivity index (χ0) is 13.0. The summed E-state index contributed by atoms with van der Waals surface area (Å²) in [5.74, 6) is 0.823. The summed E-state index contributed by atoms with van der Waals surface area (Å²) in [5.41, 5.74) is 2.44. The molecule has 1 atom stereocenters. The van der Waals surface area contributed by atoms with Crippen LogP contribution < -0.4 is 10.2 Å². The van der Waals surface area contributed by atoms with Crippen LogP contribution in [-0.4, -0.2) is 30.7 Å². The quantitative estimate of drug-likeness (QED) is 0.886. The van der Waals surface area contributed by atoms with E-state index < -0.39 is 0 Å². The van der Waals surface area contributed by atoms with E-state index in [2.05, 4.69) is 48.1 Å². The molecule has 100 valence electrons. The summed E-state index contributed by atoms with van der Waals surface area (Å²) in [5, 5.41) is 3.55. The third kappa shape index (κ3) is 3.22. The van der Waals surface area contributed by atoms with E-state index in [1.165, 1.54) is 31.6 Å². The molecule has 1 aromatic rings. The number of hydrogen-bond acceptors (Lipinski definition) is 3. The molecule has 1 aliphatic heterocycles. The van der Waals surface area contributed by atoms with Gasteiger partial charge in [0.2, 0.25) is 0 Å². The van der Waals surface area contributed by atoms with Crippen LogP contribution in [0.1, 0.15) is 32.4 Å². The van der Waals surface area contributed by atoms with Crippen LogP contribution >= 0.6 is 0 Å². The van der Waals surface area contributed by atoms with Crippen molar-refractivity contribution in [3.8, 4) is 0 Å². The van der Waals surface area contributed by atoms with Crippen molar-refractivity contribution in [3.63, 3.8) is 0 Å². The van der Waals surface area contributed by atoms with Gasteiger partial charge in [0.25, 0.3) is 0 Å². The van der Waals surface area contributed by atoms with E-state index in [0.29, 0.717) is 6.04 Å². The second kappa shape index (κ2) is 6.19. The SMILES string of the molecule is CCNC(C)C1CCN(c2ccnc(C)c2)CC1. The lowest BCUT2D eigenvalue weighted by Crippen LogP contribution is -2.42. The Morgan fingerprint density at radius 2 is 2.17 bits per heavy atom. The molecular formula is C15H25N3. The molecule has 1 fully saturated rings. The molecule has 1 N–H and O–H groups in total. The van der Waals surface area contributed by atoms with Gasteiger partial charge >= 0.3 is 0 Å². The Hall–Kier alpha value is -1.09. The minimum absolute atomic E-state index is 0.649. The molecule has 0 aliphatic carbocycles. The number of hydrogen-bond donors (Lipinski definition) is 1. The number of piperidine rings is 1. The summed E-state index contributed by atoms with van der Waals surface area (Å²) in [6.45, 7) is 9.98. The maximum absolute atomic E-state index is 4.27. The summed E-state index contributed by atoms with van der Waals surface area (Å²) in [7, 11) is 0. The number of pyridine rings is 1. The third-order valence-electron chi connectivity index (χ3n) is 4.02. The zero-order valence-corrected chi connectivity index (χ0v) is 11.8. The van der Waals surface area contributed by atoms with Crippen molar-refractivity contribution in [2.24, 2.45) is 5.92 Å². The molecular weight excluding hydrogens is 222 g/mol. The molecule has 1 saturated heterocycles. The van der Waals surface area contributed by atoms with Gasteiger partial charge in [-0.15, -0.1) is 0 Å². The van der Waals surface area contributed by atoms with Crippen molar-refractivity contribution in [2.75, 3.05) is 24.5 Å². The Balaban J connectivity index is 1.90. The predicted octanol–water partition coefficient (Wildman–Crippen LogP) is 2.60. The molecule has 18 heavy (non-hydrogen) atoms. The summed E-state index contributed by atoms with van der Waals surface area (Å²) in [4.78, 5) is 6.76. The van der Waals surface area contributed by atoms with Crippen LogP contribution in [0.25, 0.3) is 0 Å².